The van der Waals surface area contributed by atoms with Gasteiger partial charge in [0.1, 0.15) is 17.8 Å². The number of aromatic nitrogens is 2. The van der Waals surface area contributed by atoms with Crippen molar-refractivity contribution in [1.82, 2.24) is 20.4 Å². The molecule has 0 spiro atoms. The van der Waals surface area contributed by atoms with Crippen LogP contribution in [0.15, 0.2) is 59.1 Å². The lowest BCUT2D eigenvalue weighted by atomic mass is 9.85. The number of carbonyl (C=O) groups is 2. The summed E-state index contributed by atoms with van der Waals surface area (Å²) in [6.45, 7) is 1.96. The zero-order chi connectivity index (χ0) is 21.8. The van der Waals surface area contributed by atoms with Crippen LogP contribution in [0, 0.1) is 0 Å². The van der Waals surface area contributed by atoms with Gasteiger partial charge in [0.2, 0.25) is 11.7 Å². The first-order chi connectivity index (χ1) is 15.1. The highest BCUT2D eigenvalue weighted by Gasteiger charge is 2.52. The highest BCUT2D eigenvalue weighted by molar-refractivity contribution is 6.07. The van der Waals surface area contributed by atoms with Gasteiger partial charge in [-0.3, -0.25) is 9.69 Å². The van der Waals surface area contributed by atoms with E-state index in [-0.39, 0.29) is 18.3 Å². The minimum atomic E-state index is -1.08. The Kier molecular flexibility index (Phi) is 5.70. The molecule has 3 amide bonds. The molecule has 0 bridgehead atoms. The summed E-state index contributed by atoms with van der Waals surface area (Å²) in [4.78, 5) is 31.7. The van der Waals surface area contributed by atoms with Crippen LogP contribution in [0.2, 0.25) is 0 Å². The zero-order valence-corrected chi connectivity index (χ0v) is 17.5. The highest BCUT2D eigenvalue weighted by Crippen LogP contribution is 2.35. The number of hydrogen-bond donors (Lipinski definition) is 1. The zero-order valence-electron chi connectivity index (χ0n) is 17.5. The van der Waals surface area contributed by atoms with Crippen molar-refractivity contribution in [3.05, 3.63) is 66.1 Å². The first kappa shape index (κ1) is 20.6. The van der Waals surface area contributed by atoms with Crippen LogP contribution < -0.4 is 10.1 Å². The molecule has 0 saturated carbocycles. The molecule has 2 heterocycles. The van der Waals surface area contributed by atoms with Crippen LogP contribution in [0.3, 0.4) is 0 Å². The maximum Gasteiger partial charge on any atom is 0.325 e. The second kappa shape index (κ2) is 8.59. The number of unbranched alkanes of at least 4 members (excludes halogenated alkanes) is 1. The largest absolute Gasteiger partial charge is 0.497 e. The van der Waals surface area contributed by atoms with Gasteiger partial charge in [-0.15, -0.1) is 0 Å². The van der Waals surface area contributed by atoms with Crippen molar-refractivity contribution in [3.63, 3.8) is 0 Å². The van der Waals surface area contributed by atoms with Crippen LogP contribution in [0.25, 0.3) is 11.4 Å². The maximum atomic E-state index is 13.4. The Bertz CT molecular complexity index is 1080. The fourth-order valence-corrected chi connectivity index (χ4v) is 3.78. The molecule has 8 nitrogen and oxygen atoms in total. The van der Waals surface area contributed by atoms with Crippen LogP contribution in [-0.4, -0.2) is 34.1 Å². The summed E-state index contributed by atoms with van der Waals surface area (Å²) in [6, 6.07) is 16.1. The fourth-order valence-electron chi connectivity index (χ4n) is 3.78. The summed E-state index contributed by atoms with van der Waals surface area (Å²) in [5.41, 5.74) is 0.407. The molecular weight excluding hydrogens is 396 g/mol. The predicted molar refractivity (Wildman–Crippen MR) is 113 cm³/mol. The average Bonchev–Trinajstić information content (AvgIpc) is 3.37. The van der Waals surface area contributed by atoms with Gasteiger partial charge in [-0.05, 0) is 24.1 Å². The summed E-state index contributed by atoms with van der Waals surface area (Å²) in [7, 11) is 1.58. The Morgan fingerprint density at radius 1 is 1.13 bits per heavy atom. The molecule has 2 aromatic carbocycles. The second-order valence-electron chi connectivity index (χ2n) is 7.44. The molecule has 3 aromatic rings. The van der Waals surface area contributed by atoms with E-state index in [9.17, 15) is 9.59 Å². The van der Waals surface area contributed by atoms with E-state index in [1.807, 2.05) is 48.5 Å². The first-order valence-corrected chi connectivity index (χ1v) is 10.2. The summed E-state index contributed by atoms with van der Waals surface area (Å²) in [6.07, 6.45) is 2.23. The quantitative estimate of drug-likeness (QED) is 0.556. The Labute approximate surface area is 180 Å². The van der Waals surface area contributed by atoms with E-state index in [2.05, 4.69) is 22.4 Å². The van der Waals surface area contributed by atoms with Gasteiger partial charge in [-0.2, -0.15) is 4.98 Å². The lowest BCUT2D eigenvalue weighted by Gasteiger charge is -2.27. The molecule has 31 heavy (non-hydrogen) atoms. The van der Waals surface area contributed by atoms with E-state index in [0.29, 0.717) is 23.6 Å². The van der Waals surface area contributed by atoms with Crippen molar-refractivity contribution in [3.8, 4) is 17.1 Å². The molecule has 1 atom stereocenters. The van der Waals surface area contributed by atoms with Gasteiger partial charge in [0.15, 0.2) is 0 Å². The van der Waals surface area contributed by atoms with Crippen LogP contribution in [0.4, 0.5) is 4.79 Å². The number of nitrogens with one attached hydrogen (secondary N) is 1. The topological polar surface area (TPSA) is 97.6 Å². The number of carbonyl (C=O) groups excluding carboxylic acids is 2. The third kappa shape index (κ3) is 3.88. The molecule has 160 valence electrons. The van der Waals surface area contributed by atoms with Gasteiger partial charge in [0, 0.05) is 5.56 Å². The molecule has 1 aliphatic rings. The van der Waals surface area contributed by atoms with Gasteiger partial charge < -0.3 is 14.6 Å². The van der Waals surface area contributed by atoms with Crippen molar-refractivity contribution in [1.29, 1.82) is 0 Å². The monoisotopic (exact) mass is 420 g/mol. The Hall–Kier alpha value is -3.68. The minimum absolute atomic E-state index is 0.0949. The lowest BCUT2D eigenvalue weighted by molar-refractivity contribution is -0.132. The van der Waals surface area contributed by atoms with Crippen LogP contribution >= 0.6 is 0 Å². The standard InChI is InChI=1S/C23H24N4O4/c1-3-4-13-23(17-10-6-5-7-11-17)21(28)27(22(29)25-23)15-19-24-20(26-31-19)16-9-8-12-18(14-16)30-2/h5-12,14H,3-4,13,15H2,1-2H3,(H,25,29). The summed E-state index contributed by atoms with van der Waals surface area (Å²) in [5, 5.41) is 6.91. The smallest absolute Gasteiger partial charge is 0.325 e. The third-order valence-electron chi connectivity index (χ3n) is 5.44. The van der Waals surface area contributed by atoms with Crippen molar-refractivity contribution in [2.75, 3.05) is 7.11 Å². The Morgan fingerprint density at radius 3 is 2.68 bits per heavy atom. The molecular formula is C23H24N4O4. The molecule has 1 aromatic heterocycles. The normalized spacial score (nSPS) is 18.3. The van der Waals surface area contributed by atoms with Gasteiger partial charge in [0.05, 0.1) is 7.11 Å². The number of methoxy groups -OCH3 is 1. The second-order valence-corrected chi connectivity index (χ2v) is 7.44. The summed E-state index contributed by atoms with van der Waals surface area (Å²) >= 11 is 0. The summed E-state index contributed by atoms with van der Waals surface area (Å²) < 4.78 is 10.6. The maximum absolute atomic E-state index is 13.4. The van der Waals surface area contributed by atoms with Crippen molar-refractivity contribution in [2.24, 2.45) is 0 Å². The van der Waals surface area contributed by atoms with Crippen LogP contribution in [0.5, 0.6) is 5.75 Å². The van der Waals surface area contributed by atoms with Crippen molar-refractivity contribution in [2.45, 2.75) is 38.3 Å². The van der Waals surface area contributed by atoms with E-state index in [1.165, 1.54) is 0 Å². The molecule has 0 radical (unpaired) electrons. The average molecular weight is 420 g/mol. The van der Waals surface area contributed by atoms with Gasteiger partial charge in [0.25, 0.3) is 5.91 Å². The van der Waals surface area contributed by atoms with E-state index in [4.69, 9.17) is 9.26 Å². The summed E-state index contributed by atoms with van der Waals surface area (Å²) in [5.74, 6) is 0.904. The van der Waals surface area contributed by atoms with E-state index >= 15 is 0 Å². The number of benzene rings is 2. The van der Waals surface area contributed by atoms with Crippen molar-refractivity contribution >= 4 is 11.9 Å². The third-order valence-corrected chi connectivity index (χ3v) is 5.44. The number of nitrogens with zero attached hydrogens (tertiary/aromatic N) is 3. The SMILES string of the molecule is CCCCC1(c2ccccc2)NC(=O)N(Cc2nc(-c3cccc(OC)c3)no2)C1=O. The van der Waals surface area contributed by atoms with Gasteiger partial charge in [-0.1, -0.05) is 67.4 Å². The van der Waals surface area contributed by atoms with E-state index < -0.39 is 11.6 Å². The molecule has 1 saturated heterocycles. The number of urea groups is 1. The number of rotatable bonds is 8. The van der Waals surface area contributed by atoms with Gasteiger partial charge in [-0.25, -0.2) is 4.79 Å². The molecule has 1 aliphatic heterocycles. The number of hydrogen-bond acceptors (Lipinski definition) is 6. The molecule has 4 rings (SSSR count). The molecule has 1 unspecified atom stereocenters. The molecule has 8 heteroatoms. The van der Waals surface area contributed by atoms with E-state index in [1.54, 1.807) is 13.2 Å². The Balaban J connectivity index is 1.59. The lowest BCUT2D eigenvalue weighted by Crippen LogP contribution is -2.44. The number of amides is 3. The number of ether oxygens (including phenoxy) is 1. The molecule has 1 N–H and O–H groups in total. The Morgan fingerprint density at radius 2 is 1.94 bits per heavy atom. The first-order valence-electron chi connectivity index (χ1n) is 10.2. The predicted octanol–water partition coefficient (Wildman–Crippen LogP) is 3.88. The van der Waals surface area contributed by atoms with Gasteiger partial charge >= 0.3 is 6.03 Å². The molecule has 1 fully saturated rings. The fraction of sp³-hybridized carbons (Fsp3) is 0.304. The number of imide groups is 1. The van der Waals surface area contributed by atoms with Crippen LogP contribution in [0.1, 0.15) is 37.6 Å². The van der Waals surface area contributed by atoms with E-state index in [0.717, 1.165) is 23.3 Å². The van der Waals surface area contributed by atoms with Crippen molar-refractivity contribution < 1.29 is 18.8 Å². The molecule has 0 aliphatic carbocycles. The minimum Gasteiger partial charge on any atom is -0.497 e. The highest BCUT2D eigenvalue weighted by atomic mass is 16.5. The van der Waals surface area contributed by atoms with Crippen LogP contribution in [-0.2, 0) is 16.9 Å².